The van der Waals surface area contributed by atoms with Crippen LogP contribution in [0.4, 0.5) is 0 Å². The molecule has 1 fully saturated rings. The van der Waals surface area contributed by atoms with Gasteiger partial charge in [-0.25, -0.2) is 0 Å². The van der Waals surface area contributed by atoms with Crippen molar-refractivity contribution in [3.63, 3.8) is 0 Å². The Bertz CT molecular complexity index is 1080. The van der Waals surface area contributed by atoms with Crippen LogP contribution < -0.4 is 10.5 Å². The SMILES string of the molecule is NC(=O)c1ccc2c(c1)CCc1cc(CN3CCCC3c3ccccc3)ccc1O2. The summed E-state index contributed by atoms with van der Waals surface area (Å²) in [5, 5.41) is 0. The molecular weight excluding hydrogens is 372 g/mol. The lowest BCUT2D eigenvalue weighted by Gasteiger charge is -2.25. The number of carbonyl (C=O) groups is 1. The van der Waals surface area contributed by atoms with Crippen LogP contribution >= 0.6 is 0 Å². The van der Waals surface area contributed by atoms with Gasteiger partial charge in [0.05, 0.1) is 0 Å². The van der Waals surface area contributed by atoms with Gasteiger partial charge in [0.1, 0.15) is 11.5 Å². The second-order valence-electron chi connectivity index (χ2n) is 8.27. The van der Waals surface area contributed by atoms with Crippen LogP contribution in [0.15, 0.2) is 66.7 Å². The summed E-state index contributed by atoms with van der Waals surface area (Å²) in [6.45, 7) is 2.08. The molecule has 0 aromatic heterocycles. The van der Waals surface area contributed by atoms with E-state index < -0.39 is 5.91 Å². The number of nitrogens with zero attached hydrogens (tertiary/aromatic N) is 1. The molecule has 1 saturated heterocycles. The van der Waals surface area contributed by atoms with Gasteiger partial charge in [-0.15, -0.1) is 0 Å². The van der Waals surface area contributed by atoms with Gasteiger partial charge in [0.25, 0.3) is 0 Å². The number of primary amides is 1. The molecule has 4 heteroatoms. The average molecular weight is 399 g/mol. The van der Waals surface area contributed by atoms with Crippen LogP contribution in [0.5, 0.6) is 11.5 Å². The van der Waals surface area contributed by atoms with Crippen LogP contribution in [0.3, 0.4) is 0 Å². The summed E-state index contributed by atoms with van der Waals surface area (Å²) in [7, 11) is 0. The smallest absolute Gasteiger partial charge is 0.248 e. The first-order chi connectivity index (χ1) is 14.7. The second-order valence-corrected chi connectivity index (χ2v) is 8.27. The quantitative estimate of drug-likeness (QED) is 0.672. The number of aryl methyl sites for hydroxylation is 2. The van der Waals surface area contributed by atoms with Crippen molar-refractivity contribution in [1.29, 1.82) is 0 Å². The van der Waals surface area contributed by atoms with E-state index >= 15 is 0 Å². The topological polar surface area (TPSA) is 55.6 Å². The molecule has 2 N–H and O–H groups in total. The molecule has 1 unspecified atom stereocenters. The van der Waals surface area contributed by atoms with E-state index in [-0.39, 0.29) is 0 Å². The van der Waals surface area contributed by atoms with E-state index in [1.807, 2.05) is 12.1 Å². The molecule has 1 atom stereocenters. The fourth-order valence-corrected chi connectivity index (χ4v) is 4.74. The normalized spacial score (nSPS) is 18.2. The third kappa shape index (κ3) is 3.71. The first-order valence-corrected chi connectivity index (χ1v) is 10.7. The van der Waals surface area contributed by atoms with Gasteiger partial charge in [0, 0.05) is 18.2 Å². The zero-order valence-corrected chi connectivity index (χ0v) is 17.0. The van der Waals surface area contributed by atoms with E-state index in [0.29, 0.717) is 11.6 Å². The van der Waals surface area contributed by atoms with E-state index in [1.54, 1.807) is 6.07 Å². The van der Waals surface area contributed by atoms with Gasteiger partial charge >= 0.3 is 0 Å². The number of hydrogen-bond acceptors (Lipinski definition) is 3. The van der Waals surface area contributed by atoms with Crippen molar-refractivity contribution in [2.24, 2.45) is 5.73 Å². The zero-order chi connectivity index (χ0) is 20.5. The van der Waals surface area contributed by atoms with Crippen molar-refractivity contribution in [3.8, 4) is 11.5 Å². The maximum Gasteiger partial charge on any atom is 0.248 e. The Morgan fingerprint density at radius 3 is 2.47 bits per heavy atom. The molecule has 2 heterocycles. The molecule has 4 nitrogen and oxygen atoms in total. The fraction of sp³-hybridized carbons (Fsp3) is 0.269. The maximum absolute atomic E-state index is 11.5. The first kappa shape index (κ1) is 18.9. The van der Waals surface area contributed by atoms with Crippen LogP contribution in [0, 0.1) is 0 Å². The Hall–Kier alpha value is -3.11. The summed E-state index contributed by atoms with van der Waals surface area (Å²) in [4.78, 5) is 14.1. The number of likely N-dealkylation sites (tertiary alicyclic amines) is 1. The number of amides is 1. The largest absolute Gasteiger partial charge is 0.457 e. The van der Waals surface area contributed by atoms with Crippen LogP contribution in [-0.4, -0.2) is 17.4 Å². The minimum absolute atomic E-state index is 0.402. The molecule has 1 amide bonds. The molecule has 0 bridgehead atoms. The van der Waals surface area contributed by atoms with Crippen molar-refractivity contribution < 1.29 is 9.53 Å². The van der Waals surface area contributed by atoms with Crippen LogP contribution in [0.25, 0.3) is 0 Å². The van der Waals surface area contributed by atoms with E-state index in [0.717, 1.165) is 43.0 Å². The number of nitrogens with two attached hydrogens (primary N) is 1. The molecule has 3 aromatic carbocycles. The van der Waals surface area contributed by atoms with Crippen LogP contribution in [0.2, 0.25) is 0 Å². The summed E-state index contributed by atoms with van der Waals surface area (Å²) < 4.78 is 6.19. The lowest BCUT2D eigenvalue weighted by atomic mass is 10.0. The molecule has 30 heavy (non-hydrogen) atoms. The van der Waals surface area contributed by atoms with Gasteiger partial charge < -0.3 is 10.5 Å². The molecule has 2 aliphatic heterocycles. The Kier molecular flexibility index (Phi) is 5.01. The summed E-state index contributed by atoms with van der Waals surface area (Å²) in [5.41, 5.74) is 11.0. The third-order valence-corrected chi connectivity index (χ3v) is 6.29. The van der Waals surface area contributed by atoms with Gasteiger partial charge in [-0.1, -0.05) is 42.5 Å². The number of ether oxygens (including phenoxy) is 1. The molecule has 3 aromatic rings. The summed E-state index contributed by atoms with van der Waals surface area (Å²) >= 11 is 0. The first-order valence-electron chi connectivity index (χ1n) is 10.7. The van der Waals surface area contributed by atoms with Crippen molar-refractivity contribution in [2.75, 3.05) is 6.54 Å². The predicted molar refractivity (Wildman–Crippen MR) is 118 cm³/mol. The van der Waals surface area contributed by atoms with Crippen molar-refractivity contribution in [1.82, 2.24) is 4.90 Å². The van der Waals surface area contributed by atoms with Gasteiger partial charge in [0.15, 0.2) is 0 Å². The van der Waals surface area contributed by atoms with Crippen LogP contribution in [-0.2, 0) is 19.4 Å². The minimum Gasteiger partial charge on any atom is -0.457 e. The maximum atomic E-state index is 11.5. The molecule has 0 radical (unpaired) electrons. The number of hydrogen-bond donors (Lipinski definition) is 1. The molecule has 0 aliphatic carbocycles. The standard InChI is InChI=1S/C26H26N2O2/c27-26(29)22-11-13-25-21(16-22)10-9-20-15-18(8-12-24(20)30-25)17-28-14-4-7-23(28)19-5-2-1-3-6-19/h1-3,5-6,8,11-13,15-16,23H,4,7,9-10,14,17H2,(H2,27,29). The van der Waals surface area contributed by atoms with Gasteiger partial charge in [-0.3, -0.25) is 9.69 Å². The fourth-order valence-electron chi connectivity index (χ4n) is 4.74. The second kappa shape index (κ2) is 7.96. The average Bonchev–Trinajstić information content (AvgIpc) is 3.14. The molecule has 2 aliphatic rings. The summed E-state index contributed by atoms with van der Waals surface area (Å²) in [6.07, 6.45) is 4.18. The van der Waals surface area contributed by atoms with E-state index in [9.17, 15) is 4.79 Å². The lowest BCUT2D eigenvalue weighted by molar-refractivity contribution is 0.1000. The Balaban J connectivity index is 1.35. The van der Waals surface area contributed by atoms with Crippen molar-refractivity contribution >= 4 is 5.91 Å². The van der Waals surface area contributed by atoms with Crippen molar-refractivity contribution in [3.05, 3.63) is 94.5 Å². The molecule has 152 valence electrons. The highest BCUT2D eigenvalue weighted by molar-refractivity contribution is 5.93. The molecule has 0 spiro atoms. The third-order valence-electron chi connectivity index (χ3n) is 6.29. The van der Waals surface area contributed by atoms with Crippen molar-refractivity contribution in [2.45, 2.75) is 38.3 Å². The van der Waals surface area contributed by atoms with E-state index in [1.165, 1.54) is 29.5 Å². The zero-order valence-electron chi connectivity index (χ0n) is 17.0. The van der Waals surface area contributed by atoms with Crippen LogP contribution in [0.1, 0.15) is 51.5 Å². The highest BCUT2D eigenvalue weighted by atomic mass is 16.5. The monoisotopic (exact) mass is 398 g/mol. The number of fused-ring (bicyclic) bond motifs is 2. The lowest BCUT2D eigenvalue weighted by Crippen LogP contribution is -2.22. The Labute approximate surface area is 177 Å². The molecule has 0 saturated carbocycles. The molecular formula is C26H26N2O2. The summed E-state index contributed by atoms with van der Waals surface area (Å²) in [6, 6.07) is 23.3. The van der Waals surface area contributed by atoms with Gasteiger partial charge in [-0.2, -0.15) is 0 Å². The number of benzene rings is 3. The molecule has 5 rings (SSSR count). The minimum atomic E-state index is -0.402. The number of rotatable bonds is 4. The van der Waals surface area contributed by atoms with Gasteiger partial charge in [0.2, 0.25) is 5.91 Å². The number of carbonyl (C=O) groups excluding carboxylic acids is 1. The predicted octanol–water partition coefficient (Wildman–Crippen LogP) is 5.01. The highest BCUT2D eigenvalue weighted by Gasteiger charge is 2.26. The Morgan fingerprint density at radius 1 is 0.967 bits per heavy atom. The van der Waals surface area contributed by atoms with E-state index in [4.69, 9.17) is 10.5 Å². The summed E-state index contributed by atoms with van der Waals surface area (Å²) in [5.74, 6) is 1.32. The highest BCUT2D eigenvalue weighted by Crippen LogP contribution is 2.36. The van der Waals surface area contributed by atoms with E-state index in [2.05, 4.69) is 53.4 Å². The van der Waals surface area contributed by atoms with Gasteiger partial charge in [-0.05, 0) is 78.7 Å². The Morgan fingerprint density at radius 2 is 1.70 bits per heavy atom.